The molecular weight excluding hydrogens is 459 g/mol. The molecule has 2 aliphatic heterocycles. The van der Waals surface area contributed by atoms with E-state index >= 15 is 0 Å². The number of hydrogen-bond donors (Lipinski definition) is 0. The minimum absolute atomic E-state index is 0.190. The molecule has 9 nitrogen and oxygen atoms in total. The summed E-state index contributed by atoms with van der Waals surface area (Å²) in [6.07, 6.45) is 2.10. The highest BCUT2D eigenvalue weighted by atomic mass is 31.1. The first-order valence-electron chi connectivity index (χ1n) is 11.2. The van der Waals surface area contributed by atoms with Gasteiger partial charge >= 0.3 is 8.25 Å². The predicted molar refractivity (Wildman–Crippen MR) is 123 cm³/mol. The van der Waals surface area contributed by atoms with E-state index in [1.807, 2.05) is 0 Å². The fourth-order valence-corrected chi connectivity index (χ4v) is 4.69. The van der Waals surface area contributed by atoms with Crippen LogP contribution in [0.2, 0.25) is 0 Å². The van der Waals surface area contributed by atoms with E-state index in [1.54, 1.807) is 48.5 Å². The van der Waals surface area contributed by atoms with Gasteiger partial charge in [0.15, 0.2) is 0 Å². The zero-order chi connectivity index (χ0) is 24.1. The Bertz CT molecular complexity index is 992. The highest BCUT2D eigenvalue weighted by molar-refractivity contribution is 7.33. The van der Waals surface area contributed by atoms with Gasteiger partial charge in [-0.2, -0.15) is 0 Å². The summed E-state index contributed by atoms with van der Waals surface area (Å²) in [7, 11) is -2.66. The number of hydrogen-bond acceptors (Lipinski definition) is 7. The fraction of sp³-hybridized carbons (Fsp3) is 0.333. The third-order valence-corrected chi connectivity index (χ3v) is 6.63. The Labute approximate surface area is 197 Å². The van der Waals surface area contributed by atoms with Crippen LogP contribution in [0.4, 0.5) is 0 Å². The van der Waals surface area contributed by atoms with E-state index in [2.05, 4.69) is 0 Å². The third kappa shape index (κ3) is 5.01. The molecule has 0 spiro atoms. The second kappa shape index (κ2) is 10.9. The molecule has 2 heterocycles. The molecule has 0 N–H and O–H groups in total. The summed E-state index contributed by atoms with van der Waals surface area (Å²) in [6.45, 7) is 0.927. The molecular formula is C24H25N2O7P. The average molecular weight is 484 g/mol. The first-order valence-corrected chi connectivity index (χ1v) is 12.4. The van der Waals surface area contributed by atoms with E-state index in [1.165, 1.54) is 9.80 Å². The Morgan fingerprint density at radius 1 is 0.559 bits per heavy atom. The summed E-state index contributed by atoms with van der Waals surface area (Å²) >= 11 is 0. The zero-order valence-electron chi connectivity index (χ0n) is 18.5. The number of imide groups is 2. The molecule has 4 rings (SSSR count). The van der Waals surface area contributed by atoms with Gasteiger partial charge in [-0.15, -0.1) is 0 Å². The summed E-state index contributed by atoms with van der Waals surface area (Å²) in [5.74, 6) is -1.17. The summed E-state index contributed by atoms with van der Waals surface area (Å²) in [6, 6.07) is 13.5. The van der Waals surface area contributed by atoms with Crippen LogP contribution < -0.4 is 0 Å². The Morgan fingerprint density at radius 3 is 1.21 bits per heavy atom. The number of carbonyl (C=O) groups excluding carboxylic acids is 4. The maximum absolute atomic E-state index is 12.3. The predicted octanol–water partition coefficient (Wildman–Crippen LogP) is 3.56. The molecule has 0 radical (unpaired) electrons. The number of unbranched alkanes of at least 4 members (excludes halogenated alkanes) is 2. The number of nitrogens with zero attached hydrogens (tertiary/aromatic N) is 2. The van der Waals surface area contributed by atoms with Gasteiger partial charge in [-0.1, -0.05) is 24.3 Å². The summed E-state index contributed by atoms with van der Waals surface area (Å²) in [5.41, 5.74) is 1.69. The second-order valence-electron chi connectivity index (χ2n) is 7.98. The van der Waals surface area contributed by atoms with Crippen molar-refractivity contribution >= 4 is 31.9 Å². The summed E-state index contributed by atoms with van der Waals surface area (Å²) in [4.78, 5) is 51.6. The minimum atomic E-state index is -2.66. The quantitative estimate of drug-likeness (QED) is 0.257. The smallest absolute Gasteiger partial charge is 0.311 e. The van der Waals surface area contributed by atoms with Crippen LogP contribution in [0.3, 0.4) is 0 Å². The second-order valence-corrected chi connectivity index (χ2v) is 9.05. The van der Waals surface area contributed by atoms with Gasteiger partial charge in [-0.25, -0.2) is 0 Å². The molecule has 4 amide bonds. The van der Waals surface area contributed by atoms with E-state index in [-0.39, 0.29) is 49.9 Å². The molecule has 0 aromatic heterocycles. The fourth-order valence-electron chi connectivity index (χ4n) is 3.98. The van der Waals surface area contributed by atoms with Gasteiger partial charge in [-0.05, 0) is 49.9 Å². The topological polar surface area (TPSA) is 110 Å². The molecule has 0 saturated heterocycles. The molecule has 34 heavy (non-hydrogen) atoms. The van der Waals surface area contributed by atoms with Crippen molar-refractivity contribution in [1.29, 1.82) is 0 Å². The van der Waals surface area contributed by atoms with E-state index < -0.39 is 8.25 Å². The lowest BCUT2D eigenvalue weighted by Gasteiger charge is -2.14. The number of carbonyl (C=O) groups is 4. The normalized spacial score (nSPS) is 15.0. The van der Waals surface area contributed by atoms with Crippen molar-refractivity contribution in [3.8, 4) is 0 Å². The van der Waals surface area contributed by atoms with Crippen LogP contribution in [0.15, 0.2) is 48.5 Å². The molecule has 0 aliphatic carbocycles. The van der Waals surface area contributed by atoms with Crippen LogP contribution in [0.5, 0.6) is 0 Å². The lowest BCUT2D eigenvalue weighted by Crippen LogP contribution is -2.30. The molecule has 0 unspecified atom stereocenters. The van der Waals surface area contributed by atoms with Crippen molar-refractivity contribution in [2.24, 2.45) is 0 Å². The van der Waals surface area contributed by atoms with Crippen LogP contribution >= 0.6 is 8.25 Å². The van der Waals surface area contributed by atoms with Crippen molar-refractivity contribution in [1.82, 2.24) is 9.80 Å². The van der Waals surface area contributed by atoms with Crippen LogP contribution in [-0.2, 0) is 13.6 Å². The monoisotopic (exact) mass is 484 g/mol. The SMILES string of the molecule is O=C1c2ccccc2C(=O)N1CCCCO[PH](=O)OCCCCN1C(=O)c2ccccc2C1=O. The third-order valence-electron chi connectivity index (χ3n) is 5.75. The number of amides is 4. The van der Waals surface area contributed by atoms with Gasteiger partial charge in [0.05, 0.1) is 35.5 Å². The van der Waals surface area contributed by atoms with Gasteiger partial charge in [0.25, 0.3) is 23.6 Å². The van der Waals surface area contributed by atoms with Crippen LogP contribution in [-0.4, -0.2) is 59.7 Å². The van der Waals surface area contributed by atoms with Crippen LogP contribution in [0, 0.1) is 0 Å². The molecule has 0 saturated carbocycles. The van der Waals surface area contributed by atoms with Crippen molar-refractivity contribution in [3.05, 3.63) is 70.8 Å². The standard InChI is InChI=1S/C24H25N2O7P/c27-21-17-9-1-2-10-18(17)22(28)25(21)13-5-7-15-32-34(31)33-16-8-6-14-26-23(29)19-11-3-4-12-20(19)24(26)30/h1-4,9-12,34H,5-8,13-16H2. The van der Waals surface area contributed by atoms with Crippen molar-refractivity contribution in [2.75, 3.05) is 26.3 Å². The largest absolute Gasteiger partial charge is 0.319 e. The highest BCUT2D eigenvalue weighted by Crippen LogP contribution is 2.26. The molecule has 0 bridgehead atoms. The van der Waals surface area contributed by atoms with Crippen LogP contribution in [0.25, 0.3) is 0 Å². The Balaban J connectivity index is 1.06. The molecule has 10 heteroatoms. The molecule has 2 aromatic rings. The number of fused-ring (bicyclic) bond motifs is 2. The maximum Gasteiger partial charge on any atom is 0.319 e. The average Bonchev–Trinajstić information content (AvgIpc) is 3.24. The minimum Gasteiger partial charge on any atom is -0.311 e. The van der Waals surface area contributed by atoms with Crippen molar-refractivity contribution in [2.45, 2.75) is 25.7 Å². The van der Waals surface area contributed by atoms with E-state index in [0.717, 1.165) is 0 Å². The van der Waals surface area contributed by atoms with Crippen molar-refractivity contribution < 1.29 is 32.8 Å². The van der Waals surface area contributed by atoms with E-state index in [0.29, 0.717) is 47.9 Å². The lowest BCUT2D eigenvalue weighted by atomic mass is 10.1. The van der Waals surface area contributed by atoms with Crippen molar-refractivity contribution in [3.63, 3.8) is 0 Å². The Kier molecular flexibility index (Phi) is 7.67. The molecule has 0 atom stereocenters. The molecule has 178 valence electrons. The van der Waals surface area contributed by atoms with E-state index in [4.69, 9.17) is 9.05 Å². The maximum atomic E-state index is 12.3. The van der Waals surface area contributed by atoms with Gasteiger partial charge in [0.2, 0.25) is 0 Å². The summed E-state index contributed by atoms with van der Waals surface area (Å²) < 4.78 is 22.3. The Morgan fingerprint density at radius 2 is 0.882 bits per heavy atom. The summed E-state index contributed by atoms with van der Waals surface area (Å²) in [5, 5.41) is 0. The highest BCUT2D eigenvalue weighted by Gasteiger charge is 2.35. The van der Waals surface area contributed by atoms with Gasteiger partial charge in [-0.3, -0.25) is 33.5 Å². The van der Waals surface area contributed by atoms with Gasteiger partial charge < -0.3 is 9.05 Å². The molecule has 2 aromatic carbocycles. The van der Waals surface area contributed by atoms with E-state index in [9.17, 15) is 23.7 Å². The van der Waals surface area contributed by atoms with Gasteiger partial charge in [0.1, 0.15) is 0 Å². The molecule has 2 aliphatic rings. The Hall–Kier alpha value is -3.13. The number of benzene rings is 2. The number of rotatable bonds is 12. The first kappa shape index (κ1) is 24.0. The molecule has 0 fully saturated rings. The van der Waals surface area contributed by atoms with Crippen LogP contribution in [0.1, 0.15) is 67.1 Å². The first-order chi connectivity index (χ1) is 16.5. The zero-order valence-corrected chi connectivity index (χ0v) is 19.5. The lowest BCUT2D eigenvalue weighted by molar-refractivity contribution is 0.0635. The van der Waals surface area contributed by atoms with Gasteiger partial charge in [0, 0.05) is 13.1 Å².